The van der Waals surface area contributed by atoms with Gasteiger partial charge < -0.3 is 14.6 Å². The van der Waals surface area contributed by atoms with Crippen LogP contribution in [0.5, 0.6) is 11.5 Å². The molecule has 0 radical (unpaired) electrons. The Morgan fingerprint density at radius 2 is 1.30 bits per heavy atom. The van der Waals surface area contributed by atoms with Crippen LogP contribution in [0.3, 0.4) is 0 Å². The highest BCUT2D eigenvalue weighted by atomic mass is 16.5. The van der Waals surface area contributed by atoms with Gasteiger partial charge in [-0.3, -0.25) is 4.98 Å². The quantitative estimate of drug-likeness (QED) is 0.216. The van der Waals surface area contributed by atoms with Gasteiger partial charge in [0.05, 0.1) is 22.5 Å². The van der Waals surface area contributed by atoms with E-state index in [2.05, 4.69) is 144 Å². The number of para-hydroxylation sites is 2. The minimum absolute atomic E-state index is 0.194. The Morgan fingerprint density at radius 1 is 0.596 bits per heavy atom. The highest BCUT2D eigenvalue weighted by molar-refractivity contribution is 5.88. The van der Waals surface area contributed by atoms with Gasteiger partial charge in [0.2, 0.25) is 0 Å². The van der Waals surface area contributed by atoms with Gasteiger partial charge in [-0.1, -0.05) is 98.8 Å². The number of anilines is 3. The van der Waals surface area contributed by atoms with Crippen LogP contribution in [0, 0.1) is 0 Å². The highest BCUT2D eigenvalue weighted by Crippen LogP contribution is 2.58. The van der Waals surface area contributed by atoms with E-state index in [0.29, 0.717) is 0 Å². The maximum atomic E-state index is 6.61. The molecule has 0 saturated heterocycles. The number of imidazole rings is 1. The van der Waals surface area contributed by atoms with E-state index < -0.39 is 5.41 Å². The van der Waals surface area contributed by atoms with Crippen LogP contribution >= 0.6 is 0 Å². The molecule has 7 aromatic rings. The lowest BCUT2D eigenvalue weighted by Crippen LogP contribution is -2.42. The first-order chi connectivity index (χ1) is 23.1. The van der Waals surface area contributed by atoms with Crippen molar-refractivity contribution in [2.24, 2.45) is 0 Å². The van der Waals surface area contributed by atoms with E-state index >= 15 is 0 Å². The first-order valence-corrected chi connectivity index (χ1v) is 16.0. The summed E-state index contributed by atoms with van der Waals surface area (Å²) in [5.74, 6) is 2.44. The third-order valence-corrected chi connectivity index (χ3v) is 9.89. The number of hydrogen-bond acceptors (Lipinski definition) is 4. The van der Waals surface area contributed by atoms with Crippen molar-refractivity contribution in [3.8, 4) is 22.9 Å². The number of benzene rings is 5. The predicted molar refractivity (Wildman–Crippen MR) is 187 cm³/mol. The van der Waals surface area contributed by atoms with Crippen LogP contribution in [0.4, 0.5) is 17.1 Å². The molecule has 226 valence electrons. The van der Waals surface area contributed by atoms with Gasteiger partial charge in [-0.25, -0.2) is 4.98 Å². The lowest BCUT2D eigenvalue weighted by molar-refractivity contribution is 0.476. The van der Waals surface area contributed by atoms with E-state index in [9.17, 15) is 0 Å². The van der Waals surface area contributed by atoms with E-state index in [1.165, 1.54) is 22.3 Å². The molecule has 0 unspecified atom stereocenters. The number of pyridine rings is 1. The topological polar surface area (TPSA) is 54.0 Å². The monoisotopic (exact) mass is 608 g/mol. The van der Waals surface area contributed by atoms with Gasteiger partial charge in [0.25, 0.3) is 0 Å². The van der Waals surface area contributed by atoms with Gasteiger partial charge in [0, 0.05) is 35.3 Å². The summed E-state index contributed by atoms with van der Waals surface area (Å²) in [6, 6.07) is 47.4. The number of fused-ring (bicyclic) bond motifs is 4. The van der Waals surface area contributed by atoms with E-state index in [0.717, 1.165) is 51.2 Å². The molecular formula is C42H32N4O. The normalized spacial score (nSPS) is 15.1. The molecule has 3 heterocycles. The zero-order valence-electron chi connectivity index (χ0n) is 26.2. The summed E-state index contributed by atoms with van der Waals surface area (Å²) in [4.78, 5) is 15.2. The van der Waals surface area contributed by atoms with Gasteiger partial charge in [-0.05, 0) is 76.3 Å². The van der Waals surface area contributed by atoms with Crippen LogP contribution in [-0.2, 0) is 10.8 Å². The SMILES string of the molecule is CC1(C)c2ccccc2C(c2ccc3c(c2)N(c2cccc(-c4ncc[nH]4)c2)c2ccccc2O3)(c2ccccn2)c2ccccc21. The first kappa shape index (κ1) is 27.4. The summed E-state index contributed by atoms with van der Waals surface area (Å²) in [5.41, 5.74) is 10.3. The van der Waals surface area contributed by atoms with Crippen LogP contribution in [0.15, 0.2) is 152 Å². The molecule has 5 aromatic carbocycles. The fraction of sp³-hybridized carbons (Fsp3) is 0.0952. The van der Waals surface area contributed by atoms with E-state index in [1.807, 2.05) is 30.6 Å². The summed E-state index contributed by atoms with van der Waals surface area (Å²) in [5, 5.41) is 0. The first-order valence-electron chi connectivity index (χ1n) is 16.0. The molecule has 0 saturated carbocycles. The van der Waals surface area contributed by atoms with Crippen molar-refractivity contribution in [3.05, 3.63) is 186 Å². The number of ether oxygens (including phenoxy) is 1. The molecule has 2 aliphatic rings. The van der Waals surface area contributed by atoms with Crippen molar-refractivity contribution in [1.82, 2.24) is 15.0 Å². The van der Waals surface area contributed by atoms with Crippen LogP contribution in [-0.4, -0.2) is 15.0 Å². The third kappa shape index (κ3) is 3.96. The maximum Gasteiger partial charge on any atom is 0.151 e. The second-order valence-corrected chi connectivity index (χ2v) is 12.8. The maximum absolute atomic E-state index is 6.61. The van der Waals surface area contributed by atoms with Crippen LogP contribution < -0.4 is 9.64 Å². The summed E-state index contributed by atoms with van der Waals surface area (Å²) in [7, 11) is 0. The lowest BCUT2D eigenvalue weighted by Gasteiger charge is -2.47. The van der Waals surface area contributed by atoms with Crippen LogP contribution in [0.1, 0.15) is 47.4 Å². The van der Waals surface area contributed by atoms with Gasteiger partial charge in [0.1, 0.15) is 5.82 Å². The Bertz CT molecular complexity index is 2220. The van der Waals surface area contributed by atoms with Crippen molar-refractivity contribution in [2.75, 3.05) is 4.90 Å². The summed E-state index contributed by atoms with van der Waals surface area (Å²) >= 11 is 0. The Balaban J connectivity index is 1.35. The van der Waals surface area contributed by atoms with Crippen molar-refractivity contribution in [1.29, 1.82) is 0 Å². The van der Waals surface area contributed by atoms with Gasteiger partial charge in [-0.2, -0.15) is 0 Å². The average Bonchev–Trinajstić information content (AvgIpc) is 3.67. The standard InChI is InChI=1S/C42H32N4O/c1-41(2)31-14-3-5-16-33(31)42(39-20-9-10-23-43-39,34-17-6-4-15-32(34)41)29-21-22-38-36(27-29)46(35-18-7-8-19-37(35)47-38)30-13-11-12-28(26-30)40-44-24-25-45-40/h3-27H,1-2H3,(H,44,45). The highest BCUT2D eigenvalue weighted by Gasteiger charge is 2.50. The molecule has 1 N–H and O–H groups in total. The molecule has 0 amide bonds. The number of nitrogens with one attached hydrogen (secondary N) is 1. The number of hydrogen-bond donors (Lipinski definition) is 1. The summed E-state index contributed by atoms with van der Waals surface area (Å²) in [6.45, 7) is 4.66. The number of nitrogens with zero attached hydrogens (tertiary/aromatic N) is 3. The third-order valence-electron chi connectivity index (χ3n) is 9.89. The van der Waals surface area contributed by atoms with E-state index in [-0.39, 0.29) is 5.41 Å². The predicted octanol–water partition coefficient (Wildman–Crippen LogP) is 10.1. The fourth-order valence-electron chi connectivity index (χ4n) is 7.80. The molecule has 2 aromatic heterocycles. The number of aromatic amines is 1. The lowest BCUT2D eigenvalue weighted by atomic mass is 9.55. The van der Waals surface area contributed by atoms with E-state index in [1.54, 1.807) is 6.20 Å². The Morgan fingerprint density at radius 3 is 2.02 bits per heavy atom. The van der Waals surface area contributed by atoms with Crippen LogP contribution in [0.25, 0.3) is 11.4 Å². The van der Waals surface area contributed by atoms with Gasteiger partial charge in [-0.15, -0.1) is 0 Å². The largest absolute Gasteiger partial charge is 0.453 e. The van der Waals surface area contributed by atoms with Crippen LogP contribution in [0.2, 0.25) is 0 Å². The molecule has 1 aliphatic carbocycles. The molecule has 0 atom stereocenters. The molecule has 0 bridgehead atoms. The number of aromatic nitrogens is 3. The van der Waals surface area contributed by atoms with Gasteiger partial charge in [0.15, 0.2) is 11.5 Å². The van der Waals surface area contributed by atoms with Crippen molar-refractivity contribution < 1.29 is 4.74 Å². The van der Waals surface area contributed by atoms with Crippen molar-refractivity contribution in [2.45, 2.75) is 24.7 Å². The molecule has 1 aliphatic heterocycles. The fourth-order valence-corrected chi connectivity index (χ4v) is 7.80. The summed E-state index contributed by atoms with van der Waals surface area (Å²) < 4.78 is 6.61. The second kappa shape index (κ2) is 10.3. The molecule has 0 spiro atoms. The molecule has 0 fully saturated rings. The minimum atomic E-state index is -0.669. The second-order valence-electron chi connectivity index (χ2n) is 12.8. The molecule has 47 heavy (non-hydrogen) atoms. The Hall–Kier alpha value is -5.94. The number of H-pyrrole nitrogens is 1. The van der Waals surface area contributed by atoms with E-state index in [4.69, 9.17) is 9.72 Å². The smallest absolute Gasteiger partial charge is 0.151 e. The zero-order chi connectivity index (χ0) is 31.6. The van der Waals surface area contributed by atoms with Crippen molar-refractivity contribution >= 4 is 17.1 Å². The number of rotatable bonds is 4. The van der Waals surface area contributed by atoms with Crippen molar-refractivity contribution in [3.63, 3.8) is 0 Å². The molecule has 5 heteroatoms. The minimum Gasteiger partial charge on any atom is -0.453 e. The average molecular weight is 609 g/mol. The van der Waals surface area contributed by atoms with Gasteiger partial charge >= 0.3 is 0 Å². The summed E-state index contributed by atoms with van der Waals surface area (Å²) in [6.07, 6.45) is 5.55. The Labute approximate surface area is 274 Å². The molecule has 5 nitrogen and oxygen atoms in total. The molecule has 9 rings (SSSR count). The zero-order valence-corrected chi connectivity index (χ0v) is 26.2. The molecular weight excluding hydrogens is 576 g/mol. The Kier molecular flexibility index (Phi) is 6.00.